The summed E-state index contributed by atoms with van der Waals surface area (Å²) in [7, 11) is 1.99. The van der Waals surface area contributed by atoms with Gasteiger partial charge in [-0.25, -0.2) is 0 Å². The molecule has 2 heteroatoms. The van der Waals surface area contributed by atoms with Crippen LogP contribution < -0.4 is 5.32 Å². The summed E-state index contributed by atoms with van der Waals surface area (Å²) in [4.78, 5) is 4.32. The average molecular weight is 262 g/mol. The third-order valence-corrected chi connectivity index (χ3v) is 3.65. The van der Waals surface area contributed by atoms with Crippen LogP contribution in [0.4, 0.5) is 0 Å². The van der Waals surface area contributed by atoms with E-state index in [1.54, 1.807) is 0 Å². The van der Waals surface area contributed by atoms with E-state index < -0.39 is 0 Å². The van der Waals surface area contributed by atoms with Crippen molar-refractivity contribution in [2.45, 2.75) is 13.0 Å². The molecule has 2 nitrogen and oxygen atoms in total. The van der Waals surface area contributed by atoms with E-state index in [2.05, 4.69) is 65.8 Å². The first kappa shape index (κ1) is 12.8. The molecular formula is C18H18N2. The van der Waals surface area contributed by atoms with E-state index in [0.29, 0.717) is 0 Å². The molecule has 1 atom stereocenters. The van der Waals surface area contributed by atoms with Crippen LogP contribution in [0.15, 0.2) is 60.9 Å². The van der Waals surface area contributed by atoms with Crippen molar-refractivity contribution in [2.24, 2.45) is 0 Å². The largest absolute Gasteiger partial charge is 0.309 e. The molecule has 0 spiro atoms. The first-order chi connectivity index (χ1) is 9.79. The number of benzene rings is 2. The molecule has 100 valence electrons. The van der Waals surface area contributed by atoms with E-state index in [9.17, 15) is 0 Å². The average Bonchev–Trinajstić information content (AvgIpc) is 2.48. The Morgan fingerprint density at radius 3 is 2.60 bits per heavy atom. The predicted octanol–water partition coefficient (Wildman–Crippen LogP) is 3.85. The highest BCUT2D eigenvalue weighted by Gasteiger charge is 2.14. The summed E-state index contributed by atoms with van der Waals surface area (Å²) < 4.78 is 0. The Kier molecular flexibility index (Phi) is 3.48. The monoisotopic (exact) mass is 262 g/mol. The zero-order valence-electron chi connectivity index (χ0n) is 11.8. The quantitative estimate of drug-likeness (QED) is 0.775. The van der Waals surface area contributed by atoms with Gasteiger partial charge in [-0.05, 0) is 41.4 Å². The summed E-state index contributed by atoms with van der Waals surface area (Å²) >= 11 is 0. The van der Waals surface area contributed by atoms with E-state index in [1.807, 2.05) is 19.4 Å². The molecule has 0 radical (unpaired) electrons. The lowest BCUT2D eigenvalue weighted by Gasteiger charge is -2.19. The summed E-state index contributed by atoms with van der Waals surface area (Å²) in [5.74, 6) is 0. The van der Waals surface area contributed by atoms with Gasteiger partial charge in [0.1, 0.15) is 0 Å². The molecule has 0 bridgehead atoms. The van der Waals surface area contributed by atoms with Gasteiger partial charge in [-0.15, -0.1) is 0 Å². The van der Waals surface area contributed by atoms with Crippen LogP contribution in [0.3, 0.4) is 0 Å². The van der Waals surface area contributed by atoms with Gasteiger partial charge in [0.05, 0.1) is 6.04 Å². The minimum atomic E-state index is 0.161. The van der Waals surface area contributed by atoms with Crippen LogP contribution in [0.2, 0.25) is 0 Å². The van der Waals surface area contributed by atoms with E-state index in [1.165, 1.54) is 27.5 Å². The van der Waals surface area contributed by atoms with Crippen molar-refractivity contribution in [3.63, 3.8) is 0 Å². The van der Waals surface area contributed by atoms with Crippen molar-refractivity contribution >= 4 is 10.8 Å². The standard InChI is InChI=1S/C18H18N2/c1-13-10-15(12-20-11-13)18(19-2)17-9-5-7-14-6-3-4-8-16(14)17/h3-12,18-19H,1-2H3. The first-order valence-electron chi connectivity index (χ1n) is 6.86. The van der Waals surface area contributed by atoms with Gasteiger partial charge in [-0.3, -0.25) is 4.98 Å². The summed E-state index contributed by atoms with van der Waals surface area (Å²) in [6.45, 7) is 2.08. The Morgan fingerprint density at radius 1 is 1.00 bits per heavy atom. The van der Waals surface area contributed by atoms with E-state index in [-0.39, 0.29) is 6.04 Å². The molecule has 3 aromatic rings. The molecular weight excluding hydrogens is 244 g/mol. The Balaban J connectivity index is 2.17. The minimum Gasteiger partial charge on any atom is -0.309 e. The van der Waals surface area contributed by atoms with Crippen molar-refractivity contribution in [2.75, 3.05) is 7.05 Å². The smallest absolute Gasteiger partial charge is 0.0595 e. The summed E-state index contributed by atoms with van der Waals surface area (Å²) in [6, 6.07) is 17.3. The van der Waals surface area contributed by atoms with Gasteiger partial charge in [0.15, 0.2) is 0 Å². The zero-order valence-corrected chi connectivity index (χ0v) is 11.8. The number of hydrogen-bond acceptors (Lipinski definition) is 2. The van der Waals surface area contributed by atoms with Crippen molar-refractivity contribution in [3.05, 3.63) is 77.6 Å². The highest BCUT2D eigenvalue weighted by Crippen LogP contribution is 2.28. The van der Waals surface area contributed by atoms with Gasteiger partial charge < -0.3 is 5.32 Å². The molecule has 0 saturated carbocycles. The fourth-order valence-corrected chi connectivity index (χ4v) is 2.74. The Labute approximate surface area is 119 Å². The SMILES string of the molecule is CNC(c1cncc(C)c1)c1cccc2ccccc12. The molecule has 0 fully saturated rings. The lowest BCUT2D eigenvalue weighted by Crippen LogP contribution is -2.18. The Morgan fingerprint density at radius 2 is 1.80 bits per heavy atom. The third-order valence-electron chi connectivity index (χ3n) is 3.65. The number of aryl methyl sites for hydroxylation is 1. The highest BCUT2D eigenvalue weighted by molar-refractivity contribution is 5.86. The van der Waals surface area contributed by atoms with Gasteiger partial charge in [0.25, 0.3) is 0 Å². The number of nitrogens with zero attached hydrogens (tertiary/aromatic N) is 1. The molecule has 2 aromatic carbocycles. The minimum absolute atomic E-state index is 0.161. The molecule has 20 heavy (non-hydrogen) atoms. The molecule has 1 unspecified atom stereocenters. The topological polar surface area (TPSA) is 24.9 Å². The van der Waals surface area contributed by atoms with Gasteiger partial charge in [0, 0.05) is 12.4 Å². The molecule has 1 aromatic heterocycles. The van der Waals surface area contributed by atoms with Gasteiger partial charge >= 0.3 is 0 Å². The maximum atomic E-state index is 4.32. The number of rotatable bonds is 3. The second-order valence-corrected chi connectivity index (χ2v) is 5.09. The Hall–Kier alpha value is -2.19. The molecule has 0 amide bonds. The number of aromatic nitrogens is 1. The Bertz CT molecular complexity index is 729. The van der Waals surface area contributed by atoms with Crippen molar-refractivity contribution < 1.29 is 0 Å². The molecule has 1 heterocycles. The molecule has 0 aliphatic rings. The molecule has 3 rings (SSSR count). The molecule has 0 saturated heterocycles. The molecule has 1 N–H and O–H groups in total. The van der Waals surface area contributed by atoms with Crippen LogP contribution in [0, 0.1) is 6.92 Å². The third kappa shape index (κ3) is 2.30. The highest BCUT2D eigenvalue weighted by atomic mass is 14.9. The van der Waals surface area contributed by atoms with E-state index in [0.717, 1.165) is 0 Å². The molecule has 0 aliphatic heterocycles. The zero-order chi connectivity index (χ0) is 13.9. The van der Waals surface area contributed by atoms with Crippen LogP contribution >= 0.6 is 0 Å². The van der Waals surface area contributed by atoms with Crippen LogP contribution in [0.1, 0.15) is 22.7 Å². The number of nitrogens with one attached hydrogen (secondary N) is 1. The van der Waals surface area contributed by atoms with Crippen LogP contribution in [-0.2, 0) is 0 Å². The van der Waals surface area contributed by atoms with Crippen LogP contribution in [0.5, 0.6) is 0 Å². The van der Waals surface area contributed by atoms with Crippen molar-refractivity contribution in [1.29, 1.82) is 0 Å². The summed E-state index contributed by atoms with van der Waals surface area (Å²) in [5, 5.41) is 5.97. The maximum Gasteiger partial charge on any atom is 0.0595 e. The number of fused-ring (bicyclic) bond motifs is 1. The number of pyridine rings is 1. The van der Waals surface area contributed by atoms with Crippen LogP contribution in [0.25, 0.3) is 10.8 Å². The van der Waals surface area contributed by atoms with E-state index >= 15 is 0 Å². The van der Waals surface area contributed by atoms with Gasteiger partial charge in [-0.2, -0.15) is 0 Å². The van der Waals surface area contributed by atoms with Crippen molar-refractivity contribution in [3.8, 4) is 0 Å². The fraction of sp³-hybridized carbons (Fsp3) is 0.167. The lowest BCUT2D eigenvalue weighted by atomic mass is 9.94. The van der Waals surface area contributed by atoms with Gasteiger partial charge in [-0.1, -0.05) is 48.5 Å². The van der Waals surface area contributed by atoms with Crippen LogP contribution in [-0.4, -0.2) is 12.0 Å². The maximum absolute atomic E-state index is 4.32. The van der Waals surface area contributed by atoms with Crippen molar-refractivity contribution in [1.82, 2.24) is 10.3 Å². The number of hydrogen-bond donors (Lipinski definition) is 1. The molecule has 0 aliphatic carbocycles. The second-order valence-electron chi connectivity index (χ2n) is 5.09. The normalized spacial score (nSPS) is 12.5. The first-order valence-corrected chi connectivity index (χ1v) is 6.86. The summed E-state index contributed by atoms with van der Waals surface area (Å²) in [5.41, 5.74) is 3.67. The predicted molar refractivity (Wildman–Crippen MR) is 83.8 cm³/mol. The lowest BCUT2D eigenvalue weighted by molar-refractivity contribution is 0.693. The van der Waals surface area contributed by atoms with E-state index in [4.69, 9.17) is 0 Å². The summed E-state index contributed by atoms with van der Waals surface area (Å²) in [6.07, 6.45) is 3.83. The second kappa shape index (κ2) is 5.43. The van der Waals surface area contributed by atoms with Gasteiger partial charge in [0.2, 0.25) is 0 Å². The fourth-order valence-electron chi connectivity index (χ4n) is 2.74.